The first kappa shape index (κ1) is 5.61. The van der Waals surface area contributed by atoms with Crippen LogP contribution in [0.3, 0.4) is 0 Å². The molecule has 2 aromatic heterocycles. The lowest BCUT2D eigenvalue weighted by Gasteiger charge is -1.86. The van der Waals surface area contributed by atoms with Gasteiger partial charge in [-0.2, -0.15) is 5.10 Å². The van der Waals surface area contributed by atoms with Gasteiger partial charge in [-0.1, -0.05) is 11.6 Å². The molecule has 4 nitrogen and oxygen atoms in total. The third-order valence-electron chi connectivity index (χ3n) is 1.20. The molecule has 10 heavy (non-hydrogen) atoms. The highest BCUT2D eigenvalue weighted by molar-refractivity contribution is 6.33. The van der Waals surface area contributed by atoms with E-state index >= 15 is 0 Å². The molecule has 0 radical (unpaired) electrons. The fourth-order valence-corrected chi connectivity index (χ4v) is 0.917. The standard InChI is InChI=1S/C5H3ClN4/c6-4-3-1-9-10-5(3)8-2-7-4/h1-2H,(H,7,8,9,10)/i2+2. The van der Waals surface area contributed by atoms with Crippen LogP contribution in [0.5, 0.6) is 0 Å². The van der Waals surface area contributed by atoms with Gasteiger partial charge in [0.05, 0.1) is 11.6 Å². The van der Waals surface area contributed by atoms with Crippen molar-refractivity contribution in [1.29, 1.82) is 0 Å². The molecule has 0 bridgehead atoms. The number of H-pyrrole nitrogens is 1. The van der Waals surface area contributed by atoms with Gasteiger partial charge in [0, 0.05) is 0 Å². The zero-order chi connectivity index (χ0) is 6.97. The summed E-state index contributed by atoms with van der Waals surface area (Å²) in [6, 6.07) is 0. The van der Waals surface area contributed by atoms with Crippen LogP contribution < -0.4 is 0 Å². The summed E-state index contributed by atoms with van der Waals surface area (Å²) in [7, 11) is 0. The smallest absolute Gasteiger partial charge is 0.160 e. The van der Waals surface area contributed by atoms with Crippen LogP contribution in [-0.2, 0) is 0 Å². The van der Waals surface area contributed by atoms with Crippen LogP contribution in [0.1, 0.15) is 0 Å². The van der Waals surface area contributed by atoms with Gasteiger partial charge in [-0.05, 0) is 0 Å². The highest BCUT2D eigenvalue weighted by atomic mass is 35.5. The van der Waals surface area contributed by atoms with Crippen molar-refractivity contribution >= 4 is 22.6 Å². The molecule has 5 heteroatoms. The summed E-state index contributed by atoms with van der Waals surface area (Å²) in [4.78, 5) is 7.66. The maximum absolute atomic E-state index is 5.69. The van der Waals surface area contributed by atoms with Crippen LogP contribution in [0, 0.1) is 0 Å². The summed E-state index contributed by atoms with van der Waals surface area (Å²) < 4.78 is 0. The van der Waals surface area contributed by atoms with Crippen LogP contribution in [0.25, 0.3) is 11.0 Å². The second kappa shape index (κ2) is 1.91. The molecule has 0 aromatic carbocycles. The van der Waals surface area contributed by atoms with Crippen LogP contribution >= 0.6 is 11.6 Å². The van der Waals surface area contributed by atoms with E-state index in [1.165, 1.54) is 6.33 Å². The second-order valence-corrected chi connectivity index (χ2v) is 2.15. The molecule has 0 aliphatic heterocycles. The minimum Gasteiger partial charge on any atom is -0.261 e. The van der Waals surface area contributed by atoms with Gasteiger partial charge in [0.1, 0.15) is 11.5 Å². The molecule has 50 valence electrons. The van der Waals surface area contributed by atoms with Crippen molar-refractivity contribution in [2.45, 2.75) is 0 Å². The van der Waals surface area contributed by atoms with Gasteiger partial charge in [-0.15, -0.1) is 0 Å². The van der Waals surface area contributed by atoms with E-state index < -0.39 is 0 Å². The number of aromatic nitrogens is 4. The first-order valence-electron chi connectivity index (χ1n) is 2.67. The summed E-state index contributed by atoms with van der Waals surface area (Å²) in [6.07, 6.45) is 2.99. The first-order chi connectivity index (χ1) is 4.88. The van der Waals surface area contributed by atoms with Crippen LogP contribution in [-0.4, -0.2) is 20.2 Å². The average Bonchev–Trinajstić information content (AvgIpc) is 2.36. The van der Waals surface area contributed by atoms with Crippen molar-refractivity contribution in [2.75, 3.05) is 0 Å². The number of fused-ring (bicyclic) bond motifs is 1. The summed E-state index contributed by atoms with van der Waals surface area (Å²) in [5, 5.41) is 7.61. The third kappa shape index (κ3) is 0.657. The number of halogens is 1. The molecule has 2 aromatic rings. The monoisotopic (exact) mass is 156 g/mol. The lowest BCUT2D eigenvalue weighted by molar-refractivity contribution is 1.09. The Hall–Kier alpha value is -1.16. The zero-order valence-electron chi connectivity index (χ0n) is 4.87. The fourth-order valence-electron chi connectivity index (χ4n) is 0.736. The molecule has 2 rings (SSSR count). The topological polar surface area (TPSA) is 54.5 Å². The molecule has 0 spiro atoms. The van der Waals surface area contributed by atoms with E-state index in [0.717, 1.165) is 5.39 Å². The Bertz CT molecular complexity index is 355. The highest BCUT2D eigenvalue weighted by Crippen LogP contribution is 2.14. The van der Waals surface area contributed by atoms with Gasteiger partial charge in [0.15, 0.2) is 5.65 Å². The van der Waals surface area contributed by atoms with Gasteiger partial charge >= 0.3 is 0 Å². The fraction of sp³-hybridized carbons (Fsp3) is 0. The maximum Gasteiger partial charge on any atom is 0.160 e. The van der Waals surface area contributed by atoms with E-state index in [1.54, 1.807) is 6.20 Å². The van der Waals surface area contributed by atoms with Crippen molar-refractivity contribution < 1.29 is 0 Å². The Morgan fingerprint density at radius 2 is 2.40 bits per heavy atom. The molecule has 2 heterocycles. The summed E-state index contributed by atoms with van der Waals surface area (Å²) in [5.41, 5.74) is 0.667. The van der Waals surface area contributed by atoms with E-state index in [2.05, 4.69) is 20.2 Å². The number of nitrogens with one attached hydrogen (secondary N) is 1. The predicted octanol–water partition coefficient (Wildman–Crippen LogP) is 1.01. The molecule has 0 saturated heterocycles. The van der Waals surface area contributed by atoms with E-state index in [1.807, 2.05) is 0 Å². The van der Waals surface area contributed by atoms with Crippen molar-refractivity contribution in [1.82, 2.24) is 20.2 Å². The Morgan fingerprint density at radius 3 is 3.20 bits per heavy atom. The molecule has 0 aliphatic rings. The quantitative estimate of drug-likeness (QED) is 0.579. The molecule has 0 fully saturated rings. The van der Waals surface area contributed by atoms with Gasteiger partial charge in [-0.25, -0.2) is 9.97 Å². The minimum atomic E-state index is 0.429. The minimum absolute atomic E-state index is 0.429. The zero-order valence-corrected chi connectivity index (χ0v) is 5.63. The molecule has 0 saturated carbocycles. The summed E-state index contributed by atoms with van der Waals surface area (Å²) in [5.74, 6) is 0. The largest absolute Gasteiger partial charge is 0.261 e. The molecule has 0 atom stereocenters. The van der Waals surface area contributed by atoms with Crippen LogP contribution in [0.2, 0.25) is 5.15 Å². The number of hydrogen-bond donors (Lipinski definition) is 1. The Balaban J connectivity index is 2.95. The lowest BCUT2D eigenvalue weighted by Crippen LogP contribution is -1.79. The summed E-state index contributed by atoms with van der Waals surface area (Å²) in [6.45, 7) is 0. The van der Waals surface area contributed by atoms with E-state index in [0.29, 0.717) is 10.8 Å². The van der Waals surface area contributed by atoms with Crippen molar-refractivity contribution in [2.24, 2.45) is 0 Å². The van der Waals surface area contributed by atoms with Gasteiger partial charge < -0.3 is 0 Å². The van der Waals surface area contributed by atoms with Gasteiger partial charge in [-0.3, -0.25) is 5.10 Å². The first-order valence-corrected chi connectivity index (χ1v) is 3.05. The summed E-state index contributed by atoms with van der Waals surface area (Å²) >= 11 is 5.69. The third-order valence-corrected chi connectivity index (χ3v) is 1.50. The van der Waals surface area contributed by atoms with Crippen molar-refractivity contribution in [3.8, 4) is 0 Å². The van der Waals surface area contributed by atoms with Crippen LogP contribution in [0.4, 0.5) is 0 Å². The maximum atomic E-state index is 5.69. The molecular formula is C5H3ClN4. The van der Waals surface area contributed by atoms with E-state index in [-0.39, 0.29) is 0 Å². The number of nitrogens with zero attached hydrogens (tertiary/aromatic N) is 3. The predicted molar refractivity (Wildman–Crippen MR) is 36.7 cm³/mol. The Labute approximate surface area is 61.3 Å². The van der Waals surface area contributed by atoms with Crippen LogP contribution in [0.15, 0.2) is 12.5 Å². The van der Waals surface area contributed by atoms with E-state index in [4.69, 9.17) is 11.6 Å². The molecule has 0 aliphatic carbocycles. The molecule has 0 unspecified atom stereocenters. The van der Waals surface area contributed by atoms with Crippen molar-refractivity contribution in [3.63, 3.8) is 0 Å². The average molecular weight is 157 g/mol. The number of rotatable bonds is 0. The Kier molecular flexibility index (Phi) is 1.07. The van der Waals surface area contributed by atoms with E-state index in [9.17, 15) is 0 Å². The Morgan fingerprint density at radius 1 is 1.50 bits per heavy atom. The van der Waals surface area contributed by atoms with Crippen molar-refractivity contribution in [3.05, 3.63) is 17.7 Å². The normalized spacial score (nSPS) is 10.5. The molecule has 0 amide bonds. The molecular weight excluding hydrogens is 154 g/mol. The molecule has 1 N–H and O–H groups in total. The highest BCUT2D eigenvalue weighted by Gasteiger charge is 1.99. The SMILES string of the molecule is Clc1n[14cH]nc2[nH]ncc12. The van der Waals surface area contributed by atoms with Gasteiger partial charge in [0.2, 0.25) is 0 Å². The van der Waals surface area contributed by atoms with Gasteiger partial charge in [0.25, 0.3) is 0 Å². The second-order valence-electron chi connectivity index (χ2n) is 1.80. The lowest BCUT2D eigenvalue weighted by atomic mass is 10.5. The number of aromatic amines is 1. The number of hydrogen-bond acceptors (Lipinski definition) is 3.